The number of halogens is 1. The predicted octanol–water partition coefficient (Wildman–Crippen LogP) is 3.22. The van der Waals surface area contributed by atoms with Gasteiger partial charge in [0.15, 0.2) is 0 Å². The van der Waals surface area contributed by atoms with Gasteiger partial charge in [0.2, 0.25) is 5.88 Å². The third-order valence-electron chi connectivity index (χ3n) is 4.21. The van der Waals surface area contributed by atoms with Crippen LogP contribution in [0.2, 0.25) is 0 Å². The number of nitrogens with zero attached hydrogens (tertiary/aromatic N) is 2. The Morgan fingerprint density at radius 1 is 1.12 bits per heavy atom. The van der Waals surface area contributed by atoms with Crippen LogP contribution in [-0.2, 0) is 16.8 Å². The molecule has 1 aliphatic rings. The van der Waals surface area contributed by atoms with Gasteiger partial charge in [-0.2, -0.15) is 17.4 Å². The van der Waals surface area contributed by atoms with Crippen LogP contribution in [0.3, 0.4) is 0 Å². The number of hydrogen-bond acceptors (Lipinski definition) is 4. The predicted molar refractivity (Wildman–Crippen MR) is 96.5 cm³/mol. The normalized spacial score (nSPS) is 16.2. The first-order valence-electron chi connectivity index (χ1n) is 8.67. The number of hydrogen-bond donors (Lipinski definition) is 1. The summed E-state index contributed by atoms with van der Waals surface area (Å²) < 4.78 is 48.1. The van der Waals surface area contributed by atoms with Crippen LogP contribution >= 0.6 is 0 Å². The second kappa shape index (κ2) is 8.57. The van der Waals surface area contributed by atoms with Gasteiger partial charge in [-0.1, -0.05) is 25.0 Å². The number of pyridine rings is 1. The van der Waals surface area contributed by atoms with Gasteiger partial charge < -0.3 is 4.74 Å². The lowest BCUT2D eigenvalue weighted by Crippen LogP contribution is -2.40. The summed E-state index contributed by atoms with van der Waals surface area (Å²) in [5.74, 6) is 0.138. The van der Waals surface area contributed by atoms with E-state index in [-0.39, 0.29) is 12.4 Å². The van der Waals surface area contributed by atoms with Gasteiger partial charge in [0.25, 0.3) is 10.2 Å². The molecule has 0 saturated carbocycles. The van der Waals surface area contributed by atoms with Crippen molar-refractivity contribution in [1.29, 1.82) is 0 Å². The highest BCUT2D eigenvalue weighted by molar-refractivity contribution is 7.87. The van der Waals surface area contributed by atoms with Gasteiger partial charge in [0, 0.05) is 37.5 Å². The van der Waals surface area contributed by atoms with Crippen molar-refractivity contribution in [1.82, 2.24) is 14.0 Å². The zero-order valence-electron chi connectivity index (χ0n) is 14.4. The Labute approximate surface area is 153 Å². The minimum Gasteiger partial charge on any atom is -0.439 e. The zero-order valence-corrected chi connectivity index (χ0v) is 15.2. The highest BCUT2D eigenvalue weighted by atomic mass is 32.2. The van der Waals surface area contributed by atoms with E-state index in [4.69, 9.17) is 4.74 Å². The number of ether oxygens (including phenoxy) is 1. The molecule has 1 aliphatic heterocycles. The number of rotatable bonds is 6. The SMILES string of the molecule is O=S(=O)(NCc1cccnc1Oc1cccc(F)c1)N1CCCCCC1. The minimum atomic E-state index is -3.56. The lowest BCUT2D eigenvalue weighted by Gasteiger charge is -2.20. The highest BCUT2D eigenvalue weighted by Gasteiger charge is 2.23. The minimum absolute atomic E-state index is 0.0529. The number of aromatic nitrogens is 1. The van der Waals surface area contributed by atoms with Crippen molar-refractivity contribution < 1.29 is 17.5 Å². The topological polar surface area (TPSA) is 71.5 Å². The molecule has 0 aliphatic carbocycles. The van der Waals surface area contributed by atoms with Gasteiger partial charge >= 0.3 is 0 Å². The molecular weight excluding hydrogens is 357 g/mol. The molecule has 0 atom stereocenters. The van der Waals surface area contributed by atoms with Crippen molar-refractivity contribution in [3.8, 4) is 11.6 Å². The molecule has 2 heterocycles. The molecule has 1 N–H and O–H groups in total. The molecular formula is C18H22FN3O3S. The van der Waals surface area contributed by atoms with E-state index in [9.17, 15) is 12.8 Å². The lowest BCUT2D eigenvalue weighted by molar-refractivity contribution is 0.413. The lowest BCUT2D eigenvalue weighted by atomic mass is 10.2. The Morgan fingerprint density at radius 2 is 1.88 bits per heavy atom. The Kier molecular flexibility index (Phi) is 6.18. The zero-order chi connectivity index (χ0) is 18.4. The molecule has 1 aromatic heterocycles. The first-order valence-corrected chi connectivity index (χ1v) is 10.1. The van der Waals surface area contributed by atoms with E-state index in [1.165, 1.54) is 22.5 Å². The summed E-state index contributed by atoms with van der Waals surface area (Å²) in [6.45, 7) is 1.13. The molecule has 6 nitrogen and oxygen atoms in total. The molecule has 3 rings (SSSR count). The average molecular weight is 379 g/mol. The molecule has 0 spiro atoms. The largest absolute Gasteiger partial charge is 0.439 e. The fourth-order valence-corrected chi connectivity index (χ4v) is 4.09. The second-order valence-electron chi connectivity index (χ2n) is 6.17. The summed E-state index contributed by atoms with van der Waals surface area (Å²) >= 11 is 0. The van der Waals surface area contributed by atoms with Gasteiger partial charge in [0.05, 0.1) is 0 Å². The Balaban J connectivity index is 1.70. The van der Waals surface area contributed by atoms with Crippen LogP contribution in [0.25, 0.3) is 0 Å². The molecule has 0 unspecified atom stereocenters. The molecule has 0 amide bonds. The van der Waals surface area contributed by atoms with E-state index in [1.54, 1.807) is 24.4 Å². The number of nitrogens with one attached hydrogen (secondary N) is 1. The van der Waals surface area contributed by atoms with Crippen molar-refractivity contribution in [2.45, 2.75) is 32.2 Å². The van der Waals surface area contributed by atoms with Gasteiger partial charge in [-0.3, -0.25) is 0 Å². The average Bonchev–Trinajstić information content (AvgIpc) is 2.91. The van der Waals surface area contributed by atoms with Crippen LogP contribution in [0.5, 0.6) is 11.6 Å². The van der Waals surface area contributed by atoms with Crippen LogP contribution < -0.4 is 9.46 Å². The molecule has 2 aromatic rings. The molecule has 1 fully saturated rings. The first kappa shape index (κ1) is 18.8. The van der Waals surface area contributed by atoms with E-state index < -0.39 is 16.0 Å². The van der Waals surface area contributed by atoms with Gasteiger partial charge in [0.1, 0.15) is 11.6 Å². The Bertz CT molecular complexity index is 837. The van der Waals surface area contributed by atoms with Crippen LogP contribution in [0.4, 0.5) is 4.39 Å². The van der Waals surface area contributed by atoms with E-state index in [2.05, 4.69) is 9.71 Å². The fourth-order valence-electron chi connectivity index (χ4n) is 2.83. The van der Waals surface area contributed by atoms with Crippen LogP contribution in [-0.4, -0.2) is 30.8 Å². The summed E-state index contributed by atoms with van der Waals surface area (Å²) in [4.78, 5) is 4.14. The van der Waals surface area contributed by atoms with Crippen molar-refractivity contribution in [3.63, 3.8) is 0 Å². The van der Waals surface area contributed by atoms with E-state index in [0.717, 1.165) is 25.7 Å². The maximum Gasteiger partial charge on any atom is 0.279 e. The molecule has 26 heavy (non-hydrogen) atoms. The van der Waals surface area contributed by atoms with Crippen molar-refractivity contribution >= 4 is 10.2 Å². The van der Waals surface area contributed by atoms with Crippen molar-refractivity contribution in [3.05, 3.63) is 54.0 Å². The fraction of sp³-hybridized carbons (Fsp3) is 0.389. The summed E-state index contributed by atoms with van der Waals surface area (Å²) in [6, 6.07) is 9.15. The van der Waals surface area contributed by atoms with Gasteiger partial charge in [-0.05, 0) is 31.0 Å². The molecule has 0 bridgehead atoms. The third-order valence-corrected chi connectivity index (χ3v) is 5.76. The van der Waals surface area contributed by atoms with Crippen LogP contribution in [0, 0.1) is 5.82 Å². The van der Waals surface area contributed by atoms with Crippen LogP contribution in [0.1, 0.15) is 31.2 Å². The molecule has 1 saturated heterocycles. The maximum atomic E-state index is 13.3. The molecule has 8 heteroatoms. The van der Waals surface area contributed by atoms with Crippen molar-refractivity contribution in [2.75, 3.05) is 13.1 Å². The van der Waals surface area contributed by atoms with E-state index >= 15 is 0 Å². The van der Waals surface area contributed by atoms with Gasteiger partial charge in [-0.15, -0.1) is 0 Å². The summed E-state index contributed by atoms with van der Waals surface area (Å²) in [7, 11) is -3.56. The quantitative estimate of drug-likeness (QED) is 0.837. The summed E-state index contributed by atoms with van der Waals surface area (Å²) in [5, 5.41) is 0. The standard InChI is InChI=1S/C18H22FN3O3S/c19-16-8-5-9-17(13-16)25-18-15(7-6-10-20-18)14-21-26(23,24)22-11-3-1-2-4-12-22/h5-10,13,21H,1-4,11-12,14H2. The smallest absolute Gasteiger partial charge is 0.279 e. The third kappa shape index (κ3) is 5.00. The van der Waals surface area contributed by atoms with Gasteiger partial charge in [-0.25, -0.2) is 9.37 Å². The van der Waals surface area contributed by atoms with E-state index in [0.29, 0.717) is 24.4 Å². The van der Waals surface area contributed by atoms with Crippen LogP contribution in [0.15, 0.2) is 42.6 Å². The maximum absolute atomic E-state index is 13.3. The molecule has 0 radical (unpaired) electrons. The molecule has 140 valence electrons. The first-order chi connectivity index (χ1) is 12.5. The monoisotopic (exact) mass is 379 g/mol. The summed E-state index contributed by atoms with van der Waals surface area (Å²) in [5.41, 5.74) is 0.579. The van der Waals surface area contributed by atoms with E-state index in [1.807, 2.05) is 0 Å². The Hall–Kier alpha value is -2.03. The second-order valence-corrected chi connectivity index (χ2v) is 7.92. The number of benzene rings is 1. The highest BCUT2D eigenvalue weighted by Crippen LogP contribution is 2.23. The van der Waals surface area contributed by atoms with Crippen molar-refractivity contribution in [2.24, 2.45) is 0 Å². The Morgan fingerprint density at radius 3 is 2.62 bits per heavy atom. The molecule has 1 aromatic carbocycles. The summed E-state index contributed by atoms with van der Waals surface area (Å²) in [6.07, 6.45) is 5.41.